The third-order valence-corrected chi connectivity index (χ3v) is 8.93. The molecule has 8 heteroatoms. The molecule has 0 radical (unpaired) electrons. The van der Waals surface area contributed by atoms with Gasteiger partial charge >= 0.3 is 0 Å². The summed E-state index contributed by atoms with van der Waals surface area (Å²) in [7, 11) is 1.95. The van der Waals surface area contributed by atoms with Crippen LogP contribution in [0.2, 0.25) is 5.02 Å². The molecule has 0 fully saturated rings. The van der Waals surface area contributed by atoms with Gasteiger partial charge in [0.15, 0.2) is 5.78 Å². The van der Waals surface area contributed by atoms with Crippen LogP contribution in [0.1, 0.15) is 50.5 Å². The number of aryl methyl sites for hydroxylation is 3. The number of nitrogens with zero attached hydrogens (tertiary/aromatic N) is 4. The second-order valence-electron chi connectivity index (χ2n) is 12.0. The van der Waals surface area contributed by atoms with Gasteiger partial charge in [-0.1, -0.05) is 23.7 Å². The lowest BCUT2D eigenvalue weighted by Gasteiger charge is -2.29. The van der Waals surface area contributed by atoms with Crippen molar-refractivity contribution in [3.8, 4) is 33.0 Å². The van der Waals surface area contributed by atoms with E-state index < -0.39 is 11.7 Å². The van der Waals surface area contributed by atoms with E-state index in [0.717, 1.165) is 70.8 Å². The molecule has 0 unspecified atom stereocenters. The predicted octanol–water partition coefficient (Wildman–Crippen LogP) is 9.29. The molecule has 3 heterocycles. The number of halogens is 1. The standard InChI is InChI=1S/C35H33ClN4O2S/c1-19-15-29-24(18-38-40(29)7)16-26(19)27-17-23(12-13-37-27)34-39-28-14-20(2)30(32(21(3)41)42-35(4,5)6)31(33(28)43-34)22-8-10-25(36)11-9-22/h8-18,32H,1-7H3/t32-/m1/s1. The highest BCUT2D eigenvalue weighted by Crippen LogP contribution is 2.45. The third kappa shape index (κ3) is 5.60. The van der Waals surface area contributed by atoms with Gasteiger partial charge in [0.25, 0.3) is 0 Å². The lowest BCUT2D eigenvalue weighted by molar-refractivity contribution is -0.138. The fourth-order valence-electron chi connectivity index (χ4n) is 5.57. The van der Waals surface area contributed by atoms with Gasteiger partial charge in [-0.3, -0.25) is 14.5 Å². The molecule has 0 amide bonds. The summed E-state index contributed by atoms with van der Waals surface area (Å²) < 4.78 is 9.27. The molecule has 3 aromatic heterocycles. The number of thiazole rings is 1. The van der Waals surface area contributed by atoms with Crippen molar-refractivity contribution < 1.29 is 9.53 Å². The number of ketones is 1. The molecule has 0 saturated carbocycles. The van der Waals surface area contributed by atoms with E-state index in [4.69, 9.17) is 26.3 Å². The Kier molecular flexibility index (Phi) is 7.45. The molecule has 6 rings (SSSR count). The van der Waals surface area contributed by atoms with Gasteiger partial charge < -0.3 is 4.74 Å². The Morgan fingerprint density at radius 1 is 1.00 bits per heavy atom. The number of carbonyl (C=O) groups excluding carboxylic acids is 1. The molecule has 43 heavy (non-hydrogen) atoms. The zero-order valence-electron chi connectivity index (χ0n) is 25.3. The SMILES string of the molecule is CC(=O)[C@@H](OC(C)(C)C)c1c(C)cc2nc(-c3ccnc(-c4cc5cnn(C)c5cc4C)c3)sc2c1-c1ccc(Cl)cc1. The summed E-state index contributed by atoms with van der Waals surface area (Å²) in [5.74, 6) is -0.0444. The first-order valence-electron chi connectivity index (χ1n) is 14.2. The number of fused-ring (bicyclic) bond motifs is 2. The molecule has 6 aromatic rings. The lowest BCUT2D eigenvalue weighted by atomic mass is 9.90. The van der Waals surface area contributed by atoms with Crippen LogP contribution in [0.3, 0.4) is 0 Å². The lowest BCUT2D eigenvalue weighted by Crippen LogP contribution is -2.27. The summed E-state index contributed by atoms with van der Waals surface area (Å²) in [6, 6.07) is 18.2. The van der Waals surface area contributed by atoms with E-state index in [1.807, 2.05) is 82.1 Å². The summed E-state index contributed by atoms with van der Waals surface area (Å²) >= 11 is 7.89. The Bertz CT molecular complexity index is 2020. The maximum atomic E-state index is 13.1. The van der Waals surface area contributed by atoms with Crippen molar-refractivity contribution in [2.45, 2.75) is 53.2 Å². The Morgan fingerprint density at radius 3 is 2.44 bits per heavy atom. The van der Waals surface area contributed by atoms with E-state index in [2.05, 4.69) is 36.3 Å². The number of Topliss-reactive ketones (excluding diaryl/α,β-unsaturated/α-hetero) is 1. The van der Waals surface area contributed by atoms with Crippen molar-refractivity contribution in [2.24, 2.45) is 7.05 Å². The van der Waals surface area contributed by atoms with Gasteiger partial charge in [-0.15, -0.1) is 11.3 Å². The highest BCUT2D eigenvalue weighted by Gasteiger charge is 2.30. The van der Waals surface area contributed by atoms with Crippen molar-refractivity contribution in [1.29, 1.82) is 0 Å². The molecule has 1 atom stereocenters. The minimum Gasteiger partial charge on any atom is -0.360 e. The van der Waals surface area contributed by atoms with E-state index in [0.29, 0.717) is 5.02 Å². The highest BCUT2D eigenvalue weighted by molar-refractivity contribution is 7.22. The number of carbonyl (C=O) groups is 1. The van der Waals surface area contributed by atoms with Crippen LogP contribution in [0.5, 0.6) is 0 Å². The molecular formula is C35H33ClN4O2S. The second-order valence-corrected chi connectivity index (χ2v) is 13.4. The molecule has 0 aliphatic rings. The summed E-state index contributed by atoms with van der Waals surface area (Å²) in [5, 5.41) is 7.01. The van der Waals surface area contributed by atoms with Crippen LogP contribution in [-0.4, -0.2) is 31.1 Å². The third-order valence-electron chi connectivity index (χ3n) is 7.54. The fourth-order valence-corrected chi connectivity index (χ4v) is 6.81. The summed E-state index contributed by atoms with van der Waals surface area (Å²) in [6.07, 6.45) is 2.99. The number of hydrogen-bond acceptors (Lipinski definition) is 6. The molecule has 0 bridgehead atoms. The van der Waals surface area contributed by atoms with Crippen LogP contribution in [0.4, 0.5) is 0 Å². The largest absolute Gasteiger partial charge is 0.360 e. The Balaban J connectivity index is 1.54. The number of rotatable bonds is 6. The van der Waals surface area contributed by atoms with E-state index in [9.17, 15) is 4.79 Å². The number of pyridine rings is 1. The van der Waals surface area contributed by atoms with E-state index in [-0.39, 0.29) is 5.78 Å². The Labute approximate surface area is 260 Å². The topological polar surface area (TPSA) is 69.9 Å². The average molecular weight is 609 g/mol. The van der Waals surface area contributed by atoms with Gasteiger partial charge in [-0.25, -0.2) is 4.98 Å². The molecule has 6 nitrogen and oxygen atoms in total. The molecule has 218 valence electrons. The molecule has 0 aliphatic carbocycles. The maximum Gasteiger partial charge on any atom is 0.163 e. The smallest absolute Gasteiger partial charge is 0.163 e. The van der Waals surface area contributed by atoms with Gasteiger partial charge in [-0.05, 0) is 101 Å². The monoisotopic (exact) mass is 608 g/mol. The number of hydrogen-bond donors (Lipinski definition) is 0. The number of aromatic nitrogens is 4. The fraction of sp³-hybridized carbons (Fsp3) is 0.257. The Morgan fingerprint density at radius 2 is 1.74 bits per heavy atom. The molecule has 3 aromatic carbocycles. The average Bonchev–Trinajstić information content (AvgIpc) is 3.54. The van der Waals surface area contributed by atoms with Crippen molar-refractivity contribution in [3.63, 3.8) is 0 Å². The van der Waals surface area contributed by atoms with Crippen LogP contribution >= 0.6 is 22.9 Å². The van der Waals surface area contributed by atoms with Gasteiger partial charge in [-0.2, -0.15) is 5.10 Å². The molecular weight excluding hydrogens is 576 g/mol. The van der Waals surface area contributed by atoms with E-state index in [1.165, 1.54) is 0 Å². The molecule has 0 spiro atoms. The molecule has 0 aliphatic heterocycles. The maximum absolute atomic E-state index is 13.1. The van der Waals surface area contributed by atoms with Crippen LogP contribution < -0.4 is 0 Å². The van der Waals surface area contributed by atoms with Crippen LogP contribution in [0.25, 0.3) is 54.1 Å². The van der Waals surface area contributed by atoms with Crippen LogP contribution in [-0.2, 0) is 16.6 Å². The van der Waals surface area contributed by atoms with Crippen LogP contribution in [0, 0.1) is 13.8 Å². The number of ether oxygens (including phenoxy) is 1. The zero-order chi connectivity index (χ0) is 30.6. The van der Waals surface area contributed by atoms with Crippen LogP contribution in [0.15, 0.2) is 67.0 Å². The Hall–Kier alpha value is -3.91. The van der Waals surface area contributed by atoms with Gasteiger partial charge in [0.05, 0.1) is 33.2 Å². The minimum atomic E-state index is -0.724. The normalized spacial score (nSPS) is 12.7. The van der Waals surface area contributed by atoms with Gasteiger partial charge in [0.2, 0.25) is 0 Å². The minimum absolute atomic E-state index is 0.0444. The van der Waals surface area contributed by atoms with E-state index >= 15 is 0 Å². The predicted molar refractivity (Wildman–Crippen MR) is 177 cm³/mol. The van der Waals surface area contributed by atoms with Crippen molar-refractivity contribution >= 4 is 49.8 Å². The van der Waals surface area contributed by atoms with Crippen molar-refractivity contribution in [3.05, 3.63) is 88.7 Å². The molecule has 0 N–H and O–H groups in total. The van der Waals surface area contributed by atoms with Gasteiger partial charge in [0, 0.05) is 45.9 Å². The summed E-state index contributed by atoms with van der Waals surface area (Å²) in [5.41, 5.74) is 9.22. The number of benzene rings is 3. The molecule has 0 saturated heterocycles. The first-order chi connectivity index (χ1) is 20.4. The van der Waals surface area contributed by atoms with Gasteiger partial charge in [0.1, 0.15) is 11.1 Å². The van der Waals surface area contributed by atoms with Crippen molar-refractivity contribution in [1.82, 2.24) is 19.7 Å². The van der Waals surface area contributed by atoms with E-state index in [1.54, 1.807) is 18.3 Å². The quantitative estimate of drug-likeness (QED) is 0.188. The summed E-state index contributed by atoms with van der Waals surface area (Å²) in [4.78, 5) is 22.9. The second kappa shape index (κ2) is 11.0. The zero-order valence-corrected chi connectivity index (χ0v) is 26.9. The summed E-state index contributed by atoms with van der Waals surface area (Å²) in [6.45, 7) is 11.6. The first-order valence-corrected chi connectivity index (χ1v) is 15.4. The first kappa shape index (κ1) is 29.2. The van der Waals surface area contributed by atoms with Crippen molar-refractivity contribution in [2.75, 3.05) is 0 Å². The highest BCUT2D eigenvalue weighted by atomic mass is 35.5.